The zero-order valence-electron chi connectivity index (χ0n) is 13.1. The summed E-state index contributed by atoms with van der Waals surface area (Å²) >= 11 is 0. The van der Waals surface area contributed by atoms with E-state index >= 15 is 0 Å². The van der Waals surface area contributed by atoms with Gasteiger partial charge in [-0.05, 0) is 50.3 Å². The average molecular weight is 290 g/mol. The molecule has 1 aromatic carbocycles. The first-order chi connectivity index (χ1) is 10.3. The normalized spacial score (nSPS) is 23.1. The molecule has 0 amide bonds. The van der Waals surface area contributed by atoms with Gasteiger partial charge in [0.2, 0.25) is 0 Å². The molecule has 1 saturated heterocycles. The molecule has 1 unspecified atom stereocenters. The van der Waals surface area contributed by atoms with Gasteiger partial charge in [0.1, 0.15) is 5.82 Å². The van der Waals surface area contributed by atoms with Crippen LogP contribution in [0.1, 0.15) is 51.0 Å². The topological polar surface area (TPSA) is 15.3 Å². The van der Waals surface area contributed by atoms with Crippen LogP contribution in [-0.2, 0) is 6.54 Å². The SMILES string of the molecule is CCNCc1c(F)cccc1N1CCCC1C1CCCC1. The fourth-order valence-corrected chi connectivity index (χ4v) is 4.17. The Balaban J connectivity index is 1.85. The van der Waals surface area contributed by atoms with Crippen LogP contribution in [0.3, 0.4) is 0 Å². The molecule has 1 N–H and O–H groups in total. The fraction of sp³-hybridized carbons (Fsp3) is 0.667. The number of anilines is 1. The Hall–Kier alpha value is -1.09. The zero-order chi connectivity index (χ0) is 14.7. The van der Waals surface area contributed by atoms with Crippen molar-refractivity contribution in [3.05, 3.63) is 29.6 Å². The van der Waals surface area contributed by atoms with Crippen molar-refractivity contribution < 1.29 is 4.39 Å². The number of nitrogens with one attached hydrogen (secondary N) is 1. The van der Waals surface area contributed by atoms with Gasteiger partial charge in [0.05, 0.1) is 0 Å². The second-order valence-electron chi connectivity index (χ2n) is 6.47. The Morgan fingerprint density at radius 3 is 2.76 bits per heavy atom. The largest absolute Gasteiger partial charge is 0.368 e. The first kappa shape index (κ1) is 14.8. The van der Waals surface area contributed by atoms with E-state index in [1.807, 2.05) is 6.07 Å². The monoisotopic (exact) mass is 290 g/mol. The number of nitrogens with zero attached hydrogens (tertiary/aromatic N) is 1. The van der Waals surface area contributed by atoms with E-state index in [9.17, 15) is 4.39 Å². The molecule has 1 aromatic rings. The molecule has 2 nitrogen and oxygen atoms in total. The van der Waals surface area contributed by atoms with Crippen LogP contribution in [0.25, 0.3) is 0 Å². The zero-order valence-corrected chi connectivity index (χ0v) is 13.1. The van der Waals surface area contributed by atoms with E-state index in [0.717, 1.165) is 30.3 Å². The first-order valence-electron chi connectivity index (χ1n) is 8.56. The molecule has 0 spiro atoms. The second kappa shape index (κ2) is 6.78. The quantitative estimate of drug-likeness (QED) is 0.878. The van der Waals surface area contributed by atoms with E-state index in [0.29, 0.717) is 12.6 Å². The van der Waals surface area contributed by atoms with Gasteiger partial charge in [-0.15, -0.1) is 0 Å². The van der Waals surface area contributed by atoms with Gasteiger partial charge < -0.3 is 10.2 Å². The van der Waals surface area contributed by atoms with Crippen molar-refractivity contribution in [3.63, 3.8) is 0 Å². The van der Waals surface area contributed by atoms with Crippen molar-refractivity contribution in [2.24, 2.45) is 5.92 Å². The van der Waals surface area contributed by atoms with Gasteiger partial charge in [-0.2, -0.15) is 0 Å². The van der Waals surface area contributed by atoms with Crippen LogP contribution < -0.4 is 10.2 Å². The van der Waals surface area contributed by atoms with Crippen LogP contribution in [0.5, 0.6) is 0 Å². The van der Waals surface area contributed by atoms with Crippen molar-refractivity contribution in [3.8, 4) is 0 Å². The van der Waals surface area contributed by atoms with Crippen LogP contribution in [-0.4, -0.2) is 19.1 Å². The third kappa shape index (κ3) is 3.08. The molecular formula is C18H27FN2. The van der Waals surface area contributed by atoms with Crippen LogP contribution in [0, 0.1) is 11.7 Å². The van der Waals surface area contributed by atoms with Gasteiger partial charge in [0.25, 0.3) is 0 Å². The summed E-state index contributed by atoms with van der Waals surface area (Å²) in [5.74, 6) is 0.758. The van der Waals surface area contributed by atoms with Gasteiger partial charge in [-0.25, -0.2) is 4.39 Å². The van der Waals surface area contributed by atoms with Crippen molar-refractivity contribution in [1.82, 2.24) is 5.32 Å². The number of rotatable bonds is 5. The highest BCUT2D eigenvalue weighted by Crippen LogP contribution is 2.39. The molecule has 1 aliphatic carbocycles. The Bertz CT molecular complexity index is 468. The summed E-state index contributed by atoms with van der Waals surface area (Å²) in [7, 11) is 0. The minimum Gasteiger partial charge on any atom is -0.368 e. The summed E-state index contributed by atoms with van der Waals surface area (Å²) in [6.07, 6.45) is 8.00. The summed E-state index contributed by atoms with van der Waals surface area (Å²) in [6, 6.07) is 6.21. The summed E-state index contributed by atoms with van der Waals surface area (Å²) < 4.78 is 14.3. The molecular weight excluding hydrogens is 263 g/mol. The number of hydrogen-bond donors (Lipinski definition) is 1. The fourth-order valence-electron chi connectivity index (χ4n) is 4.17. The predicted octanol–water partition coefficient (Wildman–Crippen LogP) is 4.09. The van der Waals surface area contributed by atoms with Crippen molar-refractivity contribution in [2.75, 3.05) is 18.0 Å². The van der Waals surface area contributed by atoms with Gasteiger partial charge >= 0.3 is 0 Å². The van der Waals surface area contributed by atoms with Crippen molar-refractivity contribution in [2.45, 2.75) is 58.0 Å². The maximum Gasteiger partial charge on any atom is 0.129 e. The van der Waals surface area contributed by atoms with E-state index in [1.165, 1.54) is 38.5 Å². The molecule has 1 heterocycles. The number of hydrogen-bond acceptors (Lipinski definition) is 2. The maximum absolute atomic E-state index is 14.3. The van der Waals surface area contributed by atoms with E-state index in [4.69, 9.17) is 0 Å². The molecule has 0 aromatic heterocycles. The van der Waals surface area contributed by atoms with Crippen molar-refractivity contribution >= 4 is 5.69 Å². The predicted molar refractivity (Wildman–Crippen MR) is 86.1 cm³/mol. The maximum atomic E-state index is 14.3. The van der Waals surface area contributed by atoms with Crippen LogP contribution >= 0.6 is 0 Å². The standard InChI is InChI=1S/C18H27FN2/c1-2-20-13-15-16(19)9-5-10-18(15)21-12-6-11-17(21)14-7-3-4-8-14/h5,9-10,14,17,20H,2-4,6-8,11-13H2,1H3. The first-order valence-corrected chi connectivity index (χ1v) is 8.56. The Kier molecular flexibility index (Phi) is 4.79. The molecule has 116 valence electrons. The summed E-state index contributed by atoms with van der Waals surface area (Å²) in [5, 5.41) is 3.29. The lowest BCUT2D eigenvalue weighted by Gasteiger charge is -2.33. The van der Waals surface area contributed by atoms with E-state index in [1.54, 1.807) is 6.07 Å². The molecule has 2 aliphatic rings. The third-order valence-corrected chi connectivity index (χ3v) is 5.20. The van der Waals surface area contributed by atoms with Crippen LogP contribution in [0.2, 0.25) is 0 Å². The molecule has 1 atom stereocenters. The van der Waals surface area contributed by atoms with Gasteiger partial charge in [-0.1, -0.05) is 25.8 Å². The van der Waals surface area contributed by atoms with E-state index in [2.05, 4.69) is 23.2 Å². The molecule has 3 rings (SSSR count). The molecule has 21 heavy (non-hydrogen) atoms. The second-order valence-corrected chi connectivity index (χ2v) is 6.47. The highest BCUT2D eigenvalue weighted by atomic mass is 19.1. The Morgan fingerprint density at radius 1 is 1.19 bits per heavy atom. The third-order valence-electron chi connectivity index (χ3n) is 5.20. The molecule has 0 radical (unpaired) electrons. The molecule has 3 heteroatoms. The summed E-state index contributed by atoms with van der Waals surface area (Å²) in [6.45, 7) is 4.66. The van der Waals surface area contributed by atoms with Gasteiger partial charge in [0.15, 0.2) is 0 Å². The average Bonchev–Trinajstić information content (AvgIpc) is 3.16. The minimum absolute atomic E-state index is 0.0643. The number of halogens is 1. The molecule has 1 saturated carbocycles. The lowest BCUT2D eigenvalue weighted by atomic mass is 9.95. The molecule has 1 aliphatic heterocycles. The highest BCUT2D eigenvalue weighted by molar-refractivity contribution is 5.56. The Labute approximate surface area is 127 Å². The summed E-state index contributed by atoms with van der Waals surface area (Å²) in [4.78, 5) is 2.51. The molecule has 0 bridgehead atoms. The lowest BCUT2D eigenvalue weighted by Crippen LogP contribution is -2.35. The van der Waals surface area contributed by atoms with Crippen LogP contribution in [0.15, 0.2) is 18.2 Å². The molecule has 2 fully saturated rings. The number of benzene rings is 1. The lowest BCUT2D eigenvalue weighted by molar-refractivity contribution is 0.429. The summed E-state index contributed by atoms with van der Waals surface area (Å²) in [5.41, 5.74) is 1.98. The van der Waals surface area contributed by atoms with Crippen LogP contribution in [0.4, 0.5) is 10.1 Å². The van der Waals surface area contributed by atoms with Crippen molar-refractivity contribution in [1.29, 1.82) is 0 Å². The van der Waals surface area contributed by atoms with E-state index in [-0.39, 0.29) is 5.82 Å². The van der Waals surface area contributed by atoms with Gasteiger partial charge in [0, 0.05) is 30.4 Å². The van der Waals surface area contributed by atoms with Gasteiger partial charge in [-0.3, -0.25) is 0 Å². The highest BCUT2D eigenvalue weighted by Gasteiger charge is 2.34. The minimum atomic E-state index is -0.0643. The smallest absolute Gasteiger partial charge is 0.129 e. The Morgan fingerprint density at radius 2 is 2.00 bits per heavy atom. The van der Waals surface area contributed by atoms with E-state index < -0.39 is 0 Å².